The van der Waals surface area contributed by atoms with Gasteiger partial charge in [0, 0.05) is 30.0 Å². The van der Waals surface area contributed by atoms with Crippen molar-refractivity contribution in [3.63, 3.8) is 0 Å². The smallest absolute Gasteiger partial charge is 0.340 e. The van der Waals surface area contributed by atoms with Gasteiger partial charge < -0.3 is 20.7 Å². The monoisotopic (exact) mass is 289 g/mol. The van der Waals surface area contributed by atoms with Gasteiger partial charge in [-0.3, -0.25) is 0 Å². The fraction of sp³-hybridized carbons (Fsp3) is 0.562. The van der Waals surface area contributed by atoms with Gasteiger partial charge in [-0.15, -0.1) is 0 Å². The van der Waals surface area contributed by atoms with Crippen LogP contribution in [0, 0.1) is 0 Å². The summed E-state index contributed by atoms with van der Waals surface area (Å²) in [4.78, 5) is 14.5. The van der Waals surface area contributed by atoms with Gasteiger partial charge in [0.25, 0.3) is 0 Å². The number of rotatable bonds is 3. The molecule has 5 nitrogen and oxygen atoms in total. The molecule has 2 aliphatic heterocycles. The zero-order valence-electron chi connectivity index (χ0n) is 12.5. The molecule has 3 rings (SSSR count). The lowest BCUT2D eigenvalue weighted by Gasteiger charge is -2.35. The number of carbonyl (C=O) groups is 1. The molecule has 0 aromatic heterocycles. The normalized spacial score (nSPS) is 25.4. The van der Waals surface area contributed by atoms with Gasteiger partial charge in [-0.1, -0.05) is 0 Å². The van der Waals surface area contributed by atoms with E-state index in [1.165, 1.54) is 26.5 Å². The minimum Gasteiger partial charge on any atom is -0.465 e. The van der Waals surface area contributed by atoms with E-state index < -0.39 is 0 Å². The fourth-order valence-corrected chi connectivity index (χ4v) is 3.54. The zero-order valence-corrected chi connectivity index (χ0v) is 12.5. The number of carbonyl (C=O) groups excluding carboxylic acids is 1. The van der Waals surface area contributed by atoms with E-state index in [9.17, 15) is 4.79 Å². The Hall–Kier alpha value is -1.75. The highest BCUT2D eigenvalue weighted by atomic mass is 16.5. The Morgan fingerprint density at radius 1 is 1.38 bits per heavy atom. The quantitative estimate of drug-likeness (QED) is 0.659. The molecule has 3 N–H and O–H groups in total. The van der Waals surface area contributed by atoms with Crippen molar-refractivity contribution in [3.8, 4) is 0 Å². The summed E-state index contributed by atoms with van der Waals surface area (Å²) < 4.78 is 4.85. The van der Waals surface area contributed by atoms with E-state index in [1.54, 1.807) is 6.07 Å². The van der Waals surface area contributed by atoms with Crippen molar-refractivity contribution >= 4 is 17.3 Å². The van der Waals surface area contributed by atoms with Crippen LogP contribution in [0.5, 0.6) is 0 Å². The summed E-state index contributed by atoms with van der Waals surface area (Å²) in [6.07, 6.45) is 4.86. The Labute approximate surface area is 125 Å². The first kappa shape index (κ1) is 14.2. The van der Waals surface area contributed by atoms with Crippen LogP contribution in [0.2, 0.25) is 0 Å². The van der Waals surface area contributed by atoms with Crippen LogP contribution in [0.1, 0.15) is 36.0 Å². The van der Waals surface area contributed by atoms with Crippen LogP contribution in [0.4, 0.5) is 11.4 Å². The van der Waals surface area contributed by atoms with Gasteiger partial charge in [-0.05, 0) is 50.4 Å². The van der Waals surface area contributed by atoms with Gasteiger partial charge in [0.15, 0.2) is 0 Å². The van der Waals surface area contributed by atoms with Crippen molar-refractivity contribution in [1.82, 2.24) is 4.90 Å². The van der Waals surface area contributed by atoms with Crippen LogP contribution in [0.3, 0.4) is 0 Å². The molecule has 0 bridgehead atoms. The molecule has 0 aliphatic carbocycles. The second-order valence-electron chi connectivity index (χ2n) is 5.99. The Bertz CT molecular complexity index is 532. The number of anilines is 2. The number of esters is 1. The highest BCUT2D eigenvalue weighted by Crippen LogP contribution is 2.29. The first-order chi connectivity index (χ1) is 10.2. The van der Waals surface area contributed by atoms with Crippen molar-refractivity contribution in [2.75, 3.05) is 31.2 Å². The maximum atomic E-state index is 11.9. The summed E-state index contributed by atoms with van der Waals surface area (Å²) in [5.74, 6) is -0.344. The molecule has 1 aromatic carbocycles. The van der Waals surface area contributed by atoms with Crippen LogP contribution in [0.15, 0.2) is 18.2 Å². The van der Waals surface area contributed by atoms with Crippen LogP contribution in [-0.2, 0) is 4.74 Å². The second-order valence-corrected chi connectivity index (χ2v) is 5.99. The molecule has 2 heterocycles. The van der Waals surface area contributed by atoms with E-state index in [-0.39, 0.29) is 5.97 Å². The highest BCUT2D eigenvalue weighted by molar-refractivity contribution is 5.96. The van der Waals surface area contributed by atoms with Crippen molar-refractivity contribution in [2.24, 2.45) is 0 Å². The molecular weight excluding hydrogens is 266 g/mol. The number of hydrogen-bond acceptors (Lipinski definition) is 5. The molecule has 2 unspecified atom stereocenters. The highest BCUT2D eigenvalue weighted by Gasteiger charge is 2.32. The SMILES string of the molecule is COC(=O)c1cc(N)ccc1NC1CCN2CCCC2C1. The van der Waals surface area contributed by atoms with E-state index in [0.29, 0.717) is 23.3 Å². The molecule has 0 saturated carbocycles. The minimum atomic E-state index is -0.344. The van der Waals surface area contributed by atoms with Crippen molar-refractivity contribution in [1.29, 1.82) is 0 Å². The average Bonchev–Trinajstić information content (AvgIpc) is 2.96. The van der Waals surface area contributed by atoms with Gasteiger partial charge >= 0.3 is 5.97 Å². The van der Waals surface area contributed by atoms with Gasteiger partial charge in [0.2, 0.25) is 0 Å². The molecule has 0 radical (unpaired) electrons. The van der Waals surface area contributed by atoms with Gasteiger partial charge in [0.05, 0.1) is 12.7 Å². The van der Waals surface area contributed by atoms with E-state index >= 15 is 0 Å². The third-order valence-electron chi connectivity index (χ3n) is 4.63. The lowest BCUT2D eigenvalue weighted by molar-refractivity contribution is 0.0602. The Balaban J connectivity index is 1.74. The average molecular weight is 289 g/mol. The third-order valence-corrected chi connectivity index (χ3v) is 4.63. The number of nitrogens with two attached hydrogens (primary N) is 1. The Morgan fingerprint density at radius 2 is 2.24 bits per heavy atom. The number of hydrogen-bond donors (Lipinski definition) is 2. The van der Waals surface area contributed by atoms with Gasteiger partial charge in [0.1, 0.15) is 0 Å². The van der Waals surface area contributed by atoms with Crippen LogP contribution in [0.25, 0.3) is 0 Å². The molecule has 114 valence electrons. The minimum absolute atomic E-state index is 0.344. The van der Waals surface area contributed by atoms with E-state index in [2.05, 4.69) is 10.2 Å². The summed E-state index contributed by atoms with van der Waals surface area (Å²) >= 11 is 0. The lowest BCUT2D eigenvalue weighted by Crippen LogP contribution is -2.42. The second kappa shape index (κ2) is 5.93. The van der Waals surface area contributed by atoms with Crippen molar-refractivity contribution in [3.05, 3.63) is 23.8 Å². The Kier molecular flexibility index (Phi) is 4.01. The maximum Gasteiger partial charge on any atom is 0.340 e. The van der Waals surface area contributed by atoms with Crippen LogP contribution in [-0.4, -0.2) is 43.2 Å². The summed E-state index contributed by atoms with van der Waals surface area (Å²) in [6.45, 7) is 2.39. The number of benzene rings is 1. The van der Waals surface area contributed by atoms with Crippen molar-refractivity contribution < 1.29 is 9.53 Å². The number of ether oxygens (including phenoxy) is 1. The zero-order chi connectivity index (χ0) is 14.8. The maximum absolute atomic E-state index is 11.9. The summed E-state index contributed by atoms with van der Waals surface area (Å²) in [6, 6.07) is 6.49. The fourth-order valence-electron chi connectivity index (χ4n) is 3.54. The molecule has 5 heteroatoms. The number of nitrogens with one attached hydrogen (secondary N) is 1. The van der Waals surface area contributed by atoms with E-state index in [1.807, 2.05) is 12.1 Å². The number of methoxy groups -OCH3 is 1. The summed E-state index contributed by atoms with van der Waals surface area (Å²) in [5.41, 5.74) is 7.70. The predicted octanol–water partition coefficient (Wildman–Crippen LogP) is 2.09. The van der Waals surface area contributed by atoms with E-state index in [4.69, 9.17) is 10.5 Å². The first-order valence-electron chi connectivity index (χ1n) is 7.66. The molecule has 2 fully saturated rings. The predicted molar refractivity (Wildman–Crippen MR) is 83.4 cm³/mol. The van der Waals surface area contributed by atoms with E-state index in [0.717, 1.165) is 25.1 Å². The Morgan fingerprint density at radius 3 is 3.05 bits per heavy atom. The molecule has 2 atom stereocenters. The van der Waals surface area contributed by atoms with Gasteiger partial charge in [-0.25, -0.2) is 4.79 Å². The molecule has 0 spiro atoms. The molecule has 2 saturated heterocycles. The number of nitrogens with zero attached hydrogens (tertiary/aromatic N) is 1. The summed E-state index contributed by atoms with van der Waals surface area (Å²) in [7, 11) is 1.40. The first-order valence-corrected chi connectivity index (χ1v) is 7.66. The van der Waals surface area contributed by atoms with Crippen molar-refractivity contribution in [2.45, 2.75) is 37.8 Å². The molecule has 2 aliphatic rings. The third kappa shape index (κ3) is 2.97. The molecule has 1 aromatic rings. The lowest BCUT2D eigenvalue weighted by atomic mass is 9.97. The standard InChI is InChI=1S/C16H23N3O2/c1-21-16(20)14-9-11(17)4-5-15(14)18-12-6-8-19-7-2-3-13(19)10-12/h4-5,9,12-13,18H,2-3,6-8,10,17H2,1H3. The summed E-state index contributed by atoms with van der Waals surface area (Å²) in [5, 5.41) is 3.52. The molecular formula is C16H23N3O2. The molecule has 0 amide bonds. The number of piperidine rings is 1. The van der Waals surface area contributed by atoms with Crippen LogP contribution >= 0.6 is 0 Å². The number of nitrogen functional groups attached to an aromatic ring is 1. The largest absolute Gasteiger partial charge is 0.465 e. The number of fused-ring (bicyclic) bond motifs is 1. The van der Waals surface area contributed by atoms with Gasteiger partial charge in [-0.2, -0.15) is 0 Å². The molecule has 21 heavy (non-hydrogen) atoms. The topological polar surface area (TPSA) is 67.6 Å². The van der Waals surface area contributed by atoms with Crippen LogP contribution < -0.4 is 11.1 Å².